The van der Waals surface area contributed by atoms with Crippen molar-refractivity contribution >= 4 is 11.6 Å². The maximum atomic E-state index is 4.52. The lowest BCUT2D eigenvalue weighted by atomic mass is 10.2. The molecule has 0 atom stereocenters. The summed E-state index contributed by atoms with van der Waals surface area (Å²) in [6.07, 6.45) is 3.80. The Morgan fingerprint density at radius 3 is 2.38 bits per heavy atom. The molecule has 0 amide bonds. The van der Waals surface area contributed by atoms with Crippen LogP contribution in [-0.2, 0) is 6.54 Å². The lowest BCUT2D eigenvalue weighted by Crippen LogP contribution is -2.23. The molecule has 0 spiro atoms. The Morgan fingerprint density at radius 2 is 1.81 bits per heavy atom. The first-order valence-corrected chi connectivity index (χ1v) is 7.49. The van der Waals surface area contributed by atoms with Crippen LogP contribution >= 0.6 is 0 Å². The summed E-state index contributed by atoms with van der Waals surface area (Å²) < 4.78 is 0. The Bertz CT molecular complexity index is 563. The summed E-state index contributed by atoms with van der Waals surface area (Å²) in [6, 6.07) is 8.78. The van der Waals surface area contributed by atoms with Crippen LogP contribution in [0.2, 0.25) is 0 Å². The molecule has 2 rings (SSSR count). The summed E-state index contributed by atoms with van der Waals surface area (Å²) in [5.41, 5.74) is 3.50. The molecule has 0 aliphatic rings. The van der Waals surface area contributed by atoms with Crippen LogP contribution in [-0.4, -0.2) is 22.6 Å². The van der Waals surface area contributed by atoms with E-state index < -0.39 is 0 Å². The SMILES string of the molecule is CCN(c1ncc(CNC(C)C)cn1)c1ccccc1C. The second-order valence-electron chi connectivity index (χ2n) is 5.46. The Kier molecular flexibility index (Phi) is 5.28. The van der Waals surface area contributed by atoms with Crippen molar-refractivity contribution in [2.75, 3.05) is 11.4 Å². The molecule has 112 valence electrons. The molecule has 4 nitrogen and oxygen atoms in total. The molecule has 0 aliphatic heterocycles. The second-order valence-corrected chi connectivity index (χ2v) is 5.46. The molecule has 0 bridgehead atoms. The molecule has 0 saturated carbocycles. The van der Waals surface area contributed by atoms with Crippen molar-refractivity contribution in [3.8, 4) is 0 Å². The van der Waals surface area contributed by atoms with Gasteiger partial charge in [0, 0.05) is 42.8 Å². The zero-order valence-corrected chi connectivity index (χ0v) is 13.3. The van der Waals surface area contributed by atoms with Crippen molar-refractivity contribution in [1.82, 2.24) is 15.3 Å². The van der Waals surface area contributed by atoms with Crippen LogP contribution < -0.4 is 10.2 Å². The lowest BCUT2D eigenvalue weighted by molar-refractivity contribution is 0.587. The highest BCUT2D eigenvalue weighted by Gasteiger charge is 2.11. The summed E-state index contributed by atoms with van der Waals surface area (Å²) in [5.74, 6) is 0.750. The predicted molar refractivity (Wildman–Crippen MR) is 87.9 cm³/mol. The maximum Gasteiger partial charge on any atom is 0.229 e. The van der Waals surface area contributed by atoms with E-state index in [0.717, 1.165) is 30.3 Å². The van der Waals surface area contributed by atoms with Gasteiger partial charge in [-0.05, 0) is 25.5 Å². The van der Waals surface area contributed by atoms with Gasteiger partial charge in [0.2, 0.25) is 5.95 Å². The van der Waals surface area contributed by atoms with E-state index in [2.05, 4.69) is 60.0 Å². The summed E-state index contributed by atoms with van der Waals surface area (Å²) in [4.78, 5) is 11.2. The van der Waals surface area contributed by atoms with Gasteiger partial charge in [-0.15, -0.1) is 0 Å². The normalized spacial score (nSPS) is 10.9. The topological polar surface area (TPSA) is 41.1 Å². The first-order chi connectivity index (χ1) is 10.1. The molecule has 4 heteroatoms. The lowest BCUT2D eigenvalue weighted by Gasteiger charge is -2.22. The van der Waals surface area contributed by atoms with Gasteiger partial charge >= 0.3 is 0 Å². The van der Waals surface area contributed by atoms with Gasteiger partial charge in [0.1, 0.15) is 0 Å². The highest BCUT2D eigenvalue weighted by molar-refractivity contribution is 5.61. The highest BCUT2D eigenvalue weighted by Crippen LogP contribution is 2.24. The molecule has 1 N–H and O–H groups in total. The van der Waals surface area contributed by atoms with E-state index in [9.17, 15) is 0 Å². The van der Waals surface area contributed by atoms with Crippen LogP contribution in [0.1, 0.15) is 31.9 Å². The monoisotopic (exact) mass is 284 g/mol. The quantitative estimate of drug-likeness (QED) is 0.882. The number of aryl methyl sites for hydroxylation is 1. The van der Waals surface area contributed by atoms with Crippen molar-refractivity contribution < 1.29 is 0 Å². The van der Waals surface area contributed by atoms with Gasteiger partial charge in [0.15, 0.2) is 0 Å². The summed E-state index contributed by atoms with van der Waals surface area (Å²) in [7, 11) is 0. The third-order valence-corrected chi connectivity index (χ3v) is 3.37. The van der Waals surface area contributed by atoms with Gasteiger partial charge in [0.25, 0.3) is 0 Å². The third-order valence-electron chi connectivity index (χ3n) is 3.37. The van der Waals surface area contributed by atoms with E-state index in [4.69, 9.17) is 0 Å². The number of nitrogens with one attached hydrogen (secondary N) is 1. The number of anilines is 2. The highest BCUT2D eigenvalue weighted by atomic mass is 15.2. The fourth-order valence-corrected chi connectivity index (χ4v) is 2.19. The third kappa shape index (κ3) is 4.02. The van der Waals surface area contributed by atoms with Crippen LogP contribution in [0.25, 0.3) is 0 Å². The Morgan fingerprint density at radius 1 is 1.14 bits per heavy atom. The maximum absolute atomic E-state index is 4.52. The number of nitrogens with zero attached hydrogens (tertiary/aromatic N) is 3. The van der Waals surface area contributed by atoms with Gasteiger partial charge in [-0.1, -0.05) is 32.0 Å². The second kappa shape index (κ2) is 7.18. The summed E-state index contributed by atoms with van der Waals surface area (Å²) >= 11 is 0. The van der Waals surface area contributed by atoms with Crippen LogP contribution in [0, 0.1) is 6.92 Å². The zero-order chi connectivity index (χ0) is 15.2. The van der Waals surface area contributed by atoms with Gasteiger partial charge in [-0.3, -0.25) is 0 Å². The van der Waals surface area contributed by atoms with E-state index in [-0.39, 0.29) is 0 Å². The molecule has 0 radical (unpaired) electrons. The largest absolute Gasteiger partial charge is 0.311 e. The van der Waals surface area contributed by atoms with Crippen molar-refractivity contribution in [2.45, 2.75) is 40.3 Å². The number of para-hydroxylation sites is 1. The first kappa shape index (κ1) is 15.4. The van der Waals surface area contributed by atoms with Crippen LogP contribution in [0.15, 0.2) is 36.7 Å². The van der Waals surface area contributed by atoms with E-state index in [1.54, 1.807) is 0 Å². The average Bonchev–Trinajstić information content (AvgIpc) is 2.49. The van der Waals surface area contributed by atoms with Crippen molar-refractivity contribution in [1.29, 1.82) is 0 Å². The molecule has 1 aromatic carbocycles. The smallest absolute Gasteiger partial charge is 0.229 e. The summed E-state index contributed by atoms with van der Waals surface area (Å²) in [5, 5.41) is 3.37. The van der Waals surface area contributed by atoms with Gasteiger partial charge in [-0.25, -0.2) is 9.97 Å². The average molecular weight is 284 g/mol. The number of rotatable bonds is 6. The minimum absolute atomic E-state index is 0.462. The van der Waals surface area contributed by atoms with Crippen LogP contribution in [0.3, 0.4) is 0 Å². The van der Waals surface area contributed by atoms with Crippen molar-refractivity contribution in [2.24, 2.45) is 0 Å². The van der Waals surface area contributed by atoms with Gasteiger partial charge in [-0.2, -0.15) is 0 Å². The standard InChI is InChI=1S/C17H24N4/c1-5-21(16-9-7-6-8-14(16)4)17-19-11-15(12-20-17)10-18-13(2)3/h6-9,11-13,18H,5,10H2,1-4H3. The Labute approximate surface area is 127 Å². The number of hydrogen-bond donors (Lipinski definition) is 1. The summed E-state index contributed by atoms with van der Waals surface area (Å²) in [6.45, 7) is 10.1. The molecule has 0 saturated heterocycles. The minimum Gasteiger partial charge on any atom is -0.311 e. The molecule has 0 aliphatic carbocycles. The molecule has 1 aromatic heterocycles. The molecule has 0 fully saturated rings. The number of hydrogen-bond acceptors (Lipinski definition) is 4. The van der Waals surface area contributed by atoms with E-state index in [1.807, 2.05) is 24.5 Å². The van der Waals surface area contributed by atoms with Crippen molar-refractivity contribution in [3.63, 3.8) is 0 Å². The van der Waals surface area contributed by atoms with Crippen molar-refractivity contribution in [3.05, 3.63) is 47.8 Å². The van der Waals surface area contributed by atoms with Gasteiger partial charge < -0.3 is 10.2 Å². The molecule has 0 unspecified atom stereocenters. The first-order valence-electron chi connectivity index (χ1n) is 7.49. The fourth-order valence-electron chi connectivity index (χ4n) is 2.19. The van der Waals surface area contributed by atoms with E-state index in [0.29, 0.717) is 6.04 Å². The zero-order valence-electron chi connectivity index (χ0n) is 13.3. The van der Waals surface area contributed by atoms with E-state index in [1.165, 1.54) is 5.56 Å². The number of benzene rings is 1. The van der Waals surface area contributed by atoms with Gasteiger partial charge in [0.05, 0.1) is 0 Å². The predicted octanol–water partition coefficient (Wildman–Crippen LogP) is 3.44. The molecular weight excluding hydrogens is 260 g/mol. The molecule has 21 heavy (non-hydrogen) atoms. The van der Waals surface area contributed by atoms with E-state index >= 15 is 0 Å². The molecular formula is C17H24N4. The Hall–Kier alpha value is -1.94. The molecule has 1 heterocycles. The van der Waals surface area contributed by atoms with Crippen LogP contribution in [0.5, 0.6) is 0 Å². The molecule has 2 aromatic rings. The fraction of sp³-hybridized carbons (Fsp3) is 0.412. The van der Waals surface area contributed by atoms with Crippen LogP contribution in [0.4, 0.5) is 11.6 Å². The minimum atomic E-state index is 0.462. The Balaban J connectivity index is 2.18. The number of aromatic nitrogens is 2.